The van der Waals surface area contributed by atoms with Crippen LogP contribution >= 0.6 is 0 Å². The summed E-state index contributed by atoms with van der Waals surface area (Å²) in [5.41, 5.74) is 0. The van der Waals surface area contributed by atoms with Gasteiger partial charge in [-0.1, -0.05) is 0 Å². The van der Waals surface area contributed by atoms with E-state index < -0.39 is 5.97 Å². The quantitative estimate of drug-likeness (QED) is 0.626. The van der Waals surface area contributed by atoms with E-state index in [9.17, 15) is 9.59 Å². The van der Waals surface area contributed by atoms with Gasteiger partial charge in [0.1, 0.15) is 0 Å². The number of aliphatic carboxylic acids is 1. The van der Waals surface area contributed by atoms with E-state index in [2.05, 4.69) is 5.32 Å². The van der Waals surface area contributed by atoms with E-state index in [-0.39, 0.29) is 12.6 Å². The summed E-state index contributed by atoms with van der Waals surface area (Å²) in [6.45, 7) is 4.62. The number of hydrogen-bond donors (Lipinski definition) is 2. The van der Waals surface area contributed by atoms with Crippen molar-refractivity contribution in [3.05, 3.63) is 0 Å². The molecule has 2 aliphatic rings. The van der Waals surface area contributed by atoms with Crippen molar-refractivity contribution in [2.45, 2.75) is 19.3 Å². The second-order valence-corrected chi connectivity index (χ2v) is 5.76. The summed E-state index contributed by atoms with van der Waals surface area (Å²) in [5.74, 6) is -0.0409. The van der Waals surface area contributed by atoms with Crippen LogP contribution in [0, 0.1) is 5.92 Å². The average molecular weight is 299 g/mol. The van der Waals surface area contributed by atoms with Crippen LogP contribution in [0.5, 0.6) is 0 Å². The van der Waals surface area contributed by atoms with Crippen LogP contribution in [0.1, 0.15) is 19.3 Å². The maximum absolute atomic E-state index is 11.9. The third-order valence-electron chi connectivity index (χ3n) is 3.81. The molecule has 0 aromatic heterocycles. The fourth-order valence-electron chi connectivity index (χ4n) is 2.32. The van der Waals surface area contributed by atoms with Crippen LogP contribution < -0.4 is 5.32 Å². The number of carbonyl (C=O) groups is 2. The Hall–Kier alpha value is -1.34. The lowest BCUT2D eigenvalue weighted by Crippen LogP contribution is -2.52. The van der Waals surface area contributed by atoms with Gasteiger partial charge in [0.15, 0.2) is 0 Å². The van der Waals surface area contributed by atoms with Gasteiger partial charge in [-0.2, -0.15) is 0 Å². The second kappa shape index (κ2) is 8.19. The van der Waals surface area contributed by atoms with Crippen LogP contribution in [-0.2, 0) is 9.53 Å². The fraction of sp³-hybridized carbons (Fsp3) is 0.857. The van der Waals surface area contributed by atoms with E-state index in [1.165, 1.54) is 12.8 Å². The summed E-state index contributed by atoms with van der Waals surface area (Å²) in [6, 6.07) is -0.0628. The number of carboxylic acid groups (broad SMARTS) is 1. The summed E-state index contributed by atoms with van der Waals surface area (Å²) >= 11 is 0. The number of hydrogen-bond acceptors (Lipinski definition) is 4. The summed E-state index contributed by atoms with van der Waals surface area (Å²) in [6.07, 6.45) is 3.42. The smallest absolute Gasteiger partial charge is 0.317 e. The monoisotopic (exact) mass is 299 g/mol. The minimum Gasteiger partial charge on any atom is -0.480 e. The van der Waals surface area contributed by atoms with Crippen LogP contribution in [0.4, 0.5) is 4.79 Å². The number of rotatable bonds is 8. The molecule has 0 aromatic carbocycles. The lowest BCUT2D eigenvalue weighted by molar-refractivity contribution is -0.138. The minimum absolute atomic E-state index is 0.0494. The highest BCUT2D eigenvalue weighted by atomic mass is 16.5. The van der Waals surface area contributed by atoms with Gasteiger partial charge in [-0.15, -0.1) is 0 Å². The largest absolute Gasteiger partial charge is 0.480 e. The Bertz CT molecular complexity index is 352. The lowest BCUT2D eigenvalue weighted by atomic mass is 10.3. The predicted molar refractivity (Wildman–Crippen MR) is 77.2 cm³/mol. The van der Waals surface area contributed by atoms with Gasteiger partial charge in [0.2, 0.25) is 0 Å². The van der Waals surface area contributed by atoms with E-state index in [0.717, 1.165) is 18.9 Å². The zero-order valence-corrected chi connectivity index (χ0v) is 12.4. The van der Waals surface area contributed by atoms with E-state index in [4.69, 9.17) is 9.84 Å². The number of carbonyl (C=O) groups excluding carboxylic acids is 1. The van der Waals surface area contributed by atoms with Gasteiger partial charge in [0.05, 0.1) is 6.54 Å². The van der Waals surface area contributed by atoms with Crippen LogP contribution in [0.2, 0.25) is 0 Å². The van der Waals surface area contributed by atoms with Gasteiger partial charge in [0.25, 0.3) is 0 Å². The van der Waals surface area contributed by atoms with Crippen LogP contribution in [0.15, 0.2) is 0 Å². The zero-order chi connectivity index (χ0) is 15.1. The Morgan fingerprint density at radius 2 is 1.90 bits per heavy atom. The molecule has 2 fully saturated rings. The molecule has 0 bridgehead atoms. The van der Waals surface area contributed by atoms with E-state index in [1.54, 1.807) is 4.90 Å². The first-order valence-corrected chi connectivity index (χ1v) is 7.70. The Balaban J connectivity index is 1.49. The minimum atomic E-state index is -0.820. The molecule has 21 heavy (non-hydrogen) atoms. The highest BCUT2D eigenvalue weighted by molar-refractivity contribution is 5.74. The number of urea groups is 1. The standard InChI is InChI=1S/C14H25N3O4/c18-13(19)10-16-5-7-17(8-6-16)14(20)15-4-1-9-21-11-12-2-3-12/h12H,1-11H2,(H,15,20)(H,18,19). The molecule has 1 aliphatic carbocycles. The summed E-state index contributed by atoms with van der Waals surface area (Å²) < 4.78 is 5.51. The number of amides is 2. The molecule has 1 heterocycles. The first kappa shape index (κ1) is 16.0. The Morgan fingerprint density at radius 3 is 2.52 bits per heavy atom. The van der Waals surface area contributed by atoms with Crippen molar-refractivity contribution in [3.8, 4) is 0 Å². The fourth-order valence-corrected chi connectivity index (χ4v) is 2.32. The van der Waals surface area contributed by atoms with Crippen molar-refractivity contribution in [2.24, 2.45) is 5.92 Å². The number of ether oxygens (including phenoxy) is 1. The van der Waals surface area contributed by atoms with Crippen molar-refractivity contribution in [2.75, 3.05) is 52.5 Å². The molecular weight excluding hydrogens is 274 g/mol. The van der Waals surface area contributed by atoms with Gasteiger partial charge < -0.3 is 20.1 Å². The van der Waals surface area contributed by atoms with Crippen molar-refractivity contribution < 1.29 is 19.4 Å². The van der Waals surface area contributed by atoms with E-state index in [0.29, 0.717) is 39.3 Å². The number of carboxylic acids is 1. The van der Waals surface area contributed by atoms with Crippen molar-refractivity contribution in [1.82, 2.24) is 15.1 Å². The van der Waals surface area contributed by atoms with Crippen molar-refractivity contribution in [3.63, 3.8) is 0 Å². The molecule has 2 amide bonds. The van der Waals surface area contributed by atoms with E-state index >= 15 is 0 Å². The average Bonchev–Trinajstić information content (AvgIpc) is 3.26. The zero-order valence-electron chi connectivity index (χ0n) is 12.4. The summed E-state index contributed by atoms with van der Waals surface area (Å²) in [4.78, 5) is 26.1. The SMILES string of the molecule is O=C(O)CN1CCN(C(=O)NCCCOCC2CC2)CC1. The Morgan fingerprint density at radius 1 is 1.19 bits per heavy atom. The Labute approximate surface area is 125 Å². The van der Waals surface area contributed by atoms with Crippen molar-refractivity contribution >= 4 is 12.0 Å². The van der Waals surface area contributed by atoms with Gasteiger partial charge in [-0.3, -0.25) is 9.69 Å². The van der Waals surface area contributed by atoms with Crippen LogP contribution in [0.3, 0.4) is 0 Å². The molecule has 2 N–H and O–H groups in total. The highest BCUT2D eigenvalue weighted by Gasteiger charge is 2.22. The van der Waals surface area contributed by atoms with Gasteiger partial charge in [-0.25, -0.2) is 4.79 Å². The lowest BCUT2D eigenvalue weighted by Gasteiger charge is -2.33. The molecule has 7 heteroatoms. The molecular formula is C14H25N3O4. The van der Waals surface area contributed by atoms with Crippen LogP contribution in [0.25, 0.3) is 0 Å². The maximum atomic E-state index is 11.9. The van der Waals surface area contributed by atoms with Crippen molar-refractivity contribution in [1.29, 1.82) is 0 Å². The van der Waals surface area contributed by atoms with Crippen LogP contribution in [-0.4, -0.2) is 79.4 Å². The van der Waals surface area contributed by atoms with Gasteiger partial charge in [-0.05, 0) is 25.2 Å². The number of piperazine rings is 1. The third kappa shape index (κ3) is 6.31. The maximum Gasteiger partial charge on any atom is 0.317 e. The normalized spacial score (nSPS) is 19.5. The second-order valence-electron chi connectivity index (χ2n) is 5.76. The molecule has 1 aliphatic heterocycles. The molecule has 2 rings (SSSR count). The van der Waals surface area contributed by atoms with Gasteiger partial charge >= 0.3 is 12.0 Å². The predicted octanol–water partition coefficient (Wildman–Crippen LogP) is 0.215. The number of nitrogens with one attached hydrogen (secondary N) is 1. The summed E-state index contributed by atoms with van der Waals surface area (Å²) in [5, 5.41) is 11.6. The van der Waals surface area contributed by atoms with E-state index in [1.807, 2.05) is 4.90 Å². The molecule has 0 spiro atoms. The molecule has 120 valence electrons. The molecule has 0 atom stereocenters. The highest BCUT2D eigenvalue weighted by Crippen LogP contribution is 2.28. The summed E-state index contributed by atoms with van der Waals surface area (Å²) in [7, 11) is 0. The number of nitrogens with zero attached hydrogens (tertiary/aromatic N) is 2. The molecule has 1 saturated heterocycles. The third-order valence-corrected chi connectivity index (χ3v) is 3.81. The first-order chi connectivity index (χ1) is 10.1. The molecule has 0 unspecified atom stereocenters. The molecule has 0 radical (unpaired) electrons. The molecule has 7 nitrogen and oxygen atoms in total. The molecule has 1 saturated carbocycles. The topological polar surface area (TPSA) is 82.1 Å². The molecule has 0 aromatic rings. The Kier molecular flexibility index (Phi) is 6.25. The van der Waals surface area contributed by atoms with Gasteiger partial charge in [0, 0.05) is 45.9 Å². The first-order valence-electron chi connectivity index (χ1n) is 7.70.